The largest absolute Gasteiger partial charge is 0.327 e. The molecule has 0 aliphatic carbocycles. The molecule has 1 aromatic rings. The minimum Gasteiger partial charge on any atom is -0.327 e. The molecule has 1 rings (SSSR count). The molecule has 0 aliphatic rings. The molecule has 0 radical (unpaired) electrons. The molecule has 90 valence electrons. The van der Waals surface area contributed by atoms with E-state index in [2.05, 4.69) is 39.0 Å². The van der Waals surface area contributed by atoms with Gasteiger partial charge in [-0.3, -0.25) is 0 Å². The van der Waals surface area contributed by atoms with Crippen LogP contribution in [0.3, 0.4) is 0 Å². The minimum atomic E-state index is 0.288. The quantitative estimate of drug-likeness (QED) is 0.768. The first kappa shape index (κ1) is 13.6. The van der Waals surface area contributed by atoms with Crippen molar-refractivity contribution in [1.29, 1.82) is 0 Å². The first-order valence-corrected chi connectivity index (χ1v) is 7.19. The van der Waals surface area contributed by atoms with Gasteiger partial charge in [0, 0.05) is 11.8 Å². The van der Waals surface area contributed by atoms with Crippen LogP contribution in [0.25, 0.3) is 0 Å². The predicted octanol–water partition coefficient (Wildman–Crippen LogP) is 3.32. The summed E-state index contributed by atoms with van der Waals surface area (Å²) in [4.78, 5) is 0. The number of hydrogen-bond donors (Lipinski definition) is 1. The molecule has 0 bridgehead atoms. The molecule has 2 N–H and O–H groups in total. The summed E-state index contributed by atoms with van der Waals surface area (Å²) in [5.74, 6) is 2.29. The summed E-state index contributed by atoms with van der Waals surface area (Å²) in [5.41, 5.74) is 10.3. The van der Waals surface area contributed by atoms with Crippen molar-refractivity contribution >= 4 is 11.8 Å². The van der Waals surface area contributed by atoms with Crippen LogP contribution in [0.15, 0.2) is 18.2 Å². The second-order valence-electron chi connectivity index (χ2n) is 4.41. The maximum absolute atomic E-state index is 6.16. The molecule has 0 saturated heterocycles. The van der Waals surface area contributed by atoms with Crippen LogP contribution in [0.4, 0.5) is 0 Å². The maximum atomic E-state index is 6.16. The molecule has 0 fully saturated rings. The number of nitrogens with two attached hydrogens (primary N) is 1. The van der Waals surface area contributed by atoms with Gasteiger partial charge in [-0.05, 0) is 49.1 Å². The van der Waals surface area contributed by atoms with Crippen molar-refractivity contribution in [3.63, 3.8) is 0 Å². The molecular formula is C14H23NS. The van der Waals surface area contributed by atoms with E-state index in [-0.39, 0.29) is 6.04 Å². The van der Waals surface area contributed by atoms with Crippen LogP contribution in [0, 0.1) is 13.8 Å². The number of aryl methyl sites for hydroxylation is 2. The second kappa shape index (κ2) is 6.97. The minimum absolute atomic E-state index is 0.288. The summed E-state index contributed by atoms with van der Waals surface area (Å²) in [6.07, 6.45) is 2.25. The van der Waals surface area contributed by atoms with Gasteiger partial charge in [-0.1, -0.05) is 25.1 Å². The Balaban J connectivity index is 2.52. The average Bonchev–Trinajstić information content (AvgIpc) is 2.24. The molecule has 1 aromatic carbocycles. The van der Waals surface area contributed by atoms with Crippen LogP contribution in [0.1, 0.15) is 30.0 Å². The highest BCUT2D eigenvalue weighted by Crippen LogP contribution is 2.16. The highest BCUT2D eigenvalue weighted by atomic mass is 32.2. The fourth-order valence-corrected chi connectivity index (χ4v) is 2.75. The smallest absolute Gasteiger partial charge is 0.0171 e. The van der Waals surface area contributed by atoms with Crippen molar-refractivity contribution in [2.75, 3.05) is 11.5 Å². The Bertz CT molecular complexity index is 302. The molecule has 1 unspecified atom stereocenters. The Morgan fingerprint density at radius 3 is 2.44 bits per heavy atom. The normalized spacial score (nSPS) is 12.8. The summed E-state index contributed by atoms with van der Waals surface area (Å²) in [6.45, 7) is 6.56. The molecule has 0 spiro atoms. The van der Waals surface area contributed by atoms with E-state index in [0.29, 0.717) is 0 Å². The van der Waals surface area contributed by atoms with E-state index in [1.165, 1.54) is 28.9 Å². The summed E-state index contributed by atoms with van der Waals surface area (Å²) in [6, 6.07) is 6.75. The van der Waals surface area contributed by atoms with Gasteiger partial charge in [-0.2, -0.15) is 11.8 Å². The van der Waals surface area contributed by atoms with Gasteiger partial charge < -0.3 is 5.73 Å². The van der Waals surface area contributed by atoms with Gasteiger partial charge in [0.25, 0.3) is 0 Å². The van der Waals surface area contributed by atoms with Crippen LogP contribution >= 0.6 is 11.8 Å². The van der Waals surface area contributed by atoms with Crippen LogP contribution in [-0.4, -0.2) is 17.5 Å². The van der Waals surface area contributed by atoms with Crippen molar-refractivity contribution in [3.8, 4) is 0 Å². The SMILES string of the molecule is CCCSCC(N)Cc1c(C)cccc1C. The van der Waals surface area contributed by atoms with Crippen LogP contribution in [0.5, 0.6) is 0 Å². The standard InChI is InChI=1S/C14H23NS/c1-4-8-16-10-13(15)9-14-11(2)6-5-7-12(14)3/h5-7,13H,4,8-10,15H2,1-3H3. The van der Waals surface area contributed by atoms with E-state index >= 15 is 0 Å². The Kier molecular flexibility index (Phi) is 5.93. The van der Waals surface area contributed by atoms with Crippen molar-refractivity contribution in [3.05, 3.63) is 34.9 Å². The molecule has 16 heavy (non-hydrogen) atoms. The van der Waals surface area contributed by atoms with Crippen molar-refractivity contribution in [2.45, 2.75) is 39.7 Å². The Morgan fingerprint density at radius 1 is 1.25 bits per heavy atom. The molecule has 0 aromatic heterocycles. The second-order valence-corrected chi connectivity index (χ2v) is 5.56. The molecule has 2 heteroatoms. The van der Waals surface area contributed by atoms with Gasteiger partial charge in [-0.15, -0.1) is 0 Å². The molecule has 0 saturated carbocycles. The summed E-state index contributed by atoms with van der Waals surface area (Å²) >= 11 is 1.97. The zero-order valence-electron chi connectivity index (χ0n) is 10.6. The highest BCUT2D eigenvalue weighted by molar-refractivity contribution is 7.99. The predicted molar refractivity (Wildman–Crippen MR) is 75.2 cm³/mol. The van der Waals surface area contributed by atoms with Crippen LogP contribution in [-0.2, 0) is 6.42 Å². The van der Waals surface area contributed by atoms with Gasteiger partial charge >= 0.3 is 0 Å². The maximum Gasteiger partial charge on any atom is 0.0171 e. The fraction of sp³-hybridized carbons (Fsp3) is 0.571. The number of benzene rings is 1. The summed E-state index contributed by atoms with van der Waals surface area (Å²) < 4.78 is 0. The molecule has 0 heterocycles. The van der Waals surface area contributed by atoms with E-state index in [1.54, 1.807) is 0 Å². The lowest BCUT2D eigenvalue weighted by Crippen LogP contribution is -2.26. The summed E-state index contributed by atoms with van der Waals surface area (Å²) in [7, 11) is 0. The molecule has 0 aliphatic heterocycles. The Morgan fingerprint density at radius 2 is 1.88 bits per heavy atom. The summed E-state index contributed by atoms with van der Waals surface area (Å²) in [5, 5.41) is 0. The first-order chi connectivity index (χ1) is 7.65. The van der Waals surface area contributed by atoms with Crippen molar-refractivity contribution in [1.82, 2.24) is 0 Å². The fourth-order valence-electron chi connectivity index (χ4n) is 1.87. The molecule has 1 atom stereocenters. The van der Waals surface area contributed by atoms with Gasteiger partial charge in [0.05, 0.1) is 0 Å². The van der Waals surface area contributed by atoms with E-state index < -0.39 is 0 Å². The lowest BCUT2D eigenvalue weighted by atomic mass is 9.97. The lowest BCUT2D eigenvalue weighted by Gasteiger charge is -2.15. The van der Waals surface area contributed by atoms with E-state index in [9.17, 15) is 0 Å². The number of hydrogen-bond acceptors (Lipinski definition) is 2. The Hall–Kier alpha value is -0.470. The van der Waals surface area contributed by atoms with E-state index in [4.69, 9.17) is 5.73 Å². The zero-order valence-corrected chi connectivity index (χ0v) is 11.4. The molecular weight excluding hydrogens is 214 g/mol. The van der Waals surface area contributed by atoms with E-state index in [1.807, 2.05) is 11.8 Å². The average molecular weight is 237 g/mol. The van der Waals surface area contributed by atoms with Gasteiger partial charge in [0.15, 0.2) is 0 Å². The van der Waals surface area contributed by atoms with Gasteiger partial charge in [0.2, 0.25) is 0 Å². The Labute approximate surface area is 104 Å². The molecule has 1 nitrogen and oxygen atoms in total. The zero-order chi connectivity index (χ0) is 12.0. The van der Waals surface area contributed by atoms with Crippen LogP contribution in [0.2, 0.25) is 0 Å². The molecule has 0 amide bonds. The first-order valence-electron chi connectivity index (χ1n) is 6.03. The lowest BCUT2D eigenvalue weighted by molar-refractivity contribution is 0.741. The van der Waals surface area contributed by atoms with Crippen molar-refractivity contribution < 1.29 is 0 Å². The monoisotopic (exact) mass is 237 g/mol. The van der Waals surface area contributed by atoms with Gasteiger partial charge in [-0.25, -0.2) is 0 Å². The van der Waals surface area contributed by atoms with E-state index in [0.717, 1.165) is 12.2 Å². The van der Waals surface area contributed by atoms with Crippen molar-refractivity contribution in [2.24, 2.45) is 5.73 Å². The van der Waals surface area contributed by atoms with Crippen LogP contribution < -0.4 is 5.73 Å². The third-order valence-electron chi connectivity index (χ3n) is 2.79. The topological polar surface area (TPSA) is 26.0 Å². The number of rotatable bonds is 6. The third-order valence-corrected chi connectivity index (χ3v) is 4.15. The highest BCUT2D eigenvalue weighted by Gasteiger charge is 2.08. The third kappa shape index (κ3) is 4.18. The number of thioether (sulfide) groups is 1. The van der Waals surface area contributed by atoms with Gasteiger partial charge in [0.1, 0.15) is 0 Å².